The van der Waals surface area contributed by atoms with Gasteiger partial charge in [0.15, 0.2) is 0 Å². The number of primary sulfonamides is 1. The summed E-state index contributed by atoms with van der Waals surface area (Å²) in [6.45, 7) is 0. The second-order valence-corrected chi connectivity index (χ2v) is 7.30. The Morgan fingerprint density at radius 2 is 1.42 bits per heavy atom. The van der Waals surface area contributed by atoms with Gasteiger partial charge in [0.05, 0.1) is 16.3 Å². The largest absolute Gasteiger partial charge is 0.374 e. The van der Waals surface area contributed by atoms with Crippen LogP contribution in [-0.4, -0.2) is 18.6 Å². The van der Waals surface area contributed by atoms with Gasteiger partial charge in [0.2, 0.25) is 15.2 Å². The molecule has 0 radical (unpaired) electrons. The first-order chi connectivity index (χ1) is 11.4. The molecule has 0 unspecified atom stereocenters. The normalized spacial score (nSPS) is 11.9. The number of benzene rings is 2. The monoisotopic (exact) mass is 360 g/mol. The first-order valence-corrected chi connectivity index (χ1v) is 9.02. The Hall–Kier alpha value is -2.69. The molecule has 0 spiro atoms. The molecule has 0 aliphatic rings. The van der Waals surface area contributed by atoms with Crippen LogP contribution in [0.1, 0.15) is 0 Å². The van der Waals surface area contributed by atoms with Gasteiger partial charge < -0.3 is 5.73 Å². The van der Waals surface area contributed by atoms with Crippen molar-refractivity contribution in [1.82, 2.24) is 10.2 Å². The van der Waals surface area contributed by atoms with Crippen molar-refractivity contribution < 1.29 is 8.42 Å². The van der Waals surface area contributed by atoms with Crippen molar-refractivity contribution in [1.29, 1.82) is 0 Å². The van der Waals surface area contributed by atoms with E-state index in [2.05, 4.69) is 20.4 Å². The molecule has 0 atom stereocenters. The number of nitrogens with two attached hydrogens (primary N) is 2. The van der Waals surface area contributed by atoms with Crippen LogP contribution in [-0.2, 0) is 10.0 Å². The third-order valence-corrected chi connectivity index (χ3v) is 4.73. The Morgan fingerprint density at radius 3 is 1.88 bits per heavy atom. The third-order valence-electron chi connectivity index (χ3n) is 3.00. The fraction of sp³-hybridized carbons (Fsp3) is 0. The van der Waals surface area contributed by atoms with Crippen molar-refractivity contribution in [3.8, 4) is 10.6 Å². The molecule has 0 fully saturated rings. The zero-order chi connectivity index (χ0) is 17.2. The second-order valence-electron chi connectivity index (χ2n) is 4.73. The van der Waals surface area contributed by atoms with Gasteiger partial charge in [0, 0.05) is 5.56 Å². The molecule has 2 aromatic carbocycles. The summed E-state index contributed by atoms with van der Waals surface area (Å²) in [7, 11) is -3.71. The summed E-state index contributed by atoms with van der Waals surface area (Å²) < 4.78 is 22.4. The highest BCUT2D eigenvalue weighted by molar-refractivity contribution is 7.89. The highest BCUT2D eigenvalue weighted by Crippen LogP contribution is 2.27. The fourth-order valence-electron chi connectivity index (χ4n) is 1.84. The summed E-state index contributed by atoms with van der Waals surface area (Å²) in [5.41, 5.74) is 7.61. The first-order valence-electron chi connectivity index (χ1n) is 6.66. The molecular weight excluding hydrogens is 348 g/mol. The van der Waals surface area contributed by atoms with Gasteiger partial charge in [-0.3, -0.25) is 0 Å². The average Bonchev–Trinajstić information content (AvgIpc) is 2.99. The Morgan fingerprint density at radius 1 is 0.875 bits per heavy atom. The fourth-order valence-corrected chi connectivity index (χ4v) is 2.97. The van der Waals surface area contributed by atoms with Crippen molar-refractivity contribution in [3.63, 3.8) is 0 Å². The molecule has 24 heavy (non-hydrogen) atoms. The maximum Gasteiger partial charge on any atom is 0.238 e. The van der Waals surface area contributed by atoms with Crippen LogP contribution in [0.3, 0.4) is 0 Å². The van der Waals surface area contributed by atoms with Crippen molar-refractivity contribution in [2.24, 2.45) is 15.4 Å². The molecule has 8 nitrogen and oxygen atoms in total. The lowest BCUT2D eigenvalue weighted by molar-refractivity contribution is 0.598. The Balaban J connectivity index is 1.75. The SMILES string of the molecule is Nc1nnc(-c2ccc(N=Nc3ccc(S(N)(=O)=O)cc3)cc2)s1. The molecule has 3 rings (SSSR count). The zero-order valence-electron chi connectivity index (χ0n) is 12.2. The molecule has 0 saturated heterocycles. The summed E-state index contributed by atoms with van der Waals surface area (Å²) in [5, 5.41) is 22.1. The molecule has 0 aliphatic heterocycles. The number of sulfonamides is 1. The van der Waals surface area contributed by atoms with Crippen molar-refractivity contribution >= 4 is 37.9 Å². The van der Waals surface area contributed by atoms with Gasteiger partial charge in [-0.2, -0.15) is 10.2 Å². The van der Waals surface area contributed by atoms with Crippen molar-refractivity contribution in [2.45, 2.75) is 4.90 Å². The van der Waals surface area contributed by atoms with E-state index in [9.17, 15) is 8.42 Å². The Bertz CT molecular complexity index is 979. The predicted octanol–water partition coefficient (Wildman–Crippen LogP) is 2.85. The third kappa shape index (κ3) is 3.79. The number of rotatable bonds is 4. The topological polar surface area (TPSA) is 137 Å². The first kappa shape index (κ1) is 16.2. The number of azo groups is 1. The molecule has 10 heteroatoms. The number of anilines is 1. The summed E-state index contributed by atoms with van der Waals surface area (Å²) in [6, 6.07) is 13.1. The van der Waals surface area contributed by atoms with E-state index in [0.717, 1.165) is 10.6 Å². The van der Waals surface area contributed by atoms with Crippen LogP contribution in [0, 0.1) is 0 Å². The van der Waals surface area contributed by atoms with Gasteiger partial charge in [-0.05, 0) is 48.5 Å². The molecule has 0 aliphatic carbocycles. The van der Waals surface area contributed by atoms with E-state index < -0.39 is 10.0 Å². The van der Waals surface area contributed by atoms with Gasteiger partial charge in [0.1, 0.15) is 5.01 Å². The van der Waals surface area contributed by atoms with Gasteiger partial charge >= 0.3 is 0 Å². The summed E-state index contributed by atoms with van der Waals surface area (Å²) >= 11 is 1.30. The molecule has 0 saturated carbocycles. The van der Waals surface area contributed by atoms with E-state index in [0.29, 0.717) is 16.5 Å². The standard InChI is InChI=1S/C14H12N6O2S2/c15-14-20-19-13(23-14)9-1-3-10(4-2-9)17-18-11-5-7-12(8-6-11)24(16,21)22/h1-8H,(H2,15,20)(H2,16,21,22). The lowest BCUT2D eigenvalue weighted by Crippen LogP contribution is -2.11. The van der Waals surface area contributed by atoms with Crippen molar-refractivity contribution in [2.75, 3.05) is 5.73 Å². The highest BCUT2D eigenvalue weighted by Gasteiger charge is 2.06. The van der Waals surface area contributed by atoms with Crippen molar-refractivity contribution in [3.05, 3.63) is 48.5 Å². The molecule has 0 bridgehead atoms. The summed E-state index contributed by atoms with van der Waals surface area (Å²) in [5.74, 6) is 0. The number of hydrogen-bond acceptors (Lipinski definition) is 8. The minimum absolute atomic E-state index is 0.0298. The number of aromatic nitrogens is 2. The van der Waals surface area contributed by atoms with Crippen LogP contribution in [0.2, 0.25) is 0 Å². The Labute approximate surface area is 141 Å². The van der Waals surface area contributed by atoms with Crippen LogP contribution in [0.25, 0.3) is 10.6 Å². The van der Waals surface area contributed by atoms with E-state index in [1.54, 1.807) is 12.1 Å². The number of nitrogen functional groups attached to an aromatic ring is 1. The van der Waals surface area contributed by atoms with Gasteiger partial charge in [-0.1, -0.05) is 11.3 Å². The van der Waals surface area contributed by atoms with Crippen LogP contribution >= 0.6 is 11.3 Å². The Kier molecular flexibility index (Phi) is 4.34. The maximum atomic E-state index is 11.2. The molecule has 1 aromatic heterocycles. The maximum absolute atomic E-state index is 11.2. The van der Waals surface area contributed by atoms with Crippen LogP contribution in [0.4, 0.5) is 16.5 Å². The molecule has 1 heterocycles. The quantitative estimate of drug-likeness (QED) is 0.689. The predicted molar refractivity (Wildman–Crippen MR) is 91.7 cm³/mol. The van der Waals surface area contributed by atoms with Crippen LogP contribution in [0.15, 0.2) is 63.7 Å². The van der Waals surface area contributed by atoms with E-state index in [-0.39, 0.29) is 4.90 Å². The zero-order valence-corrected chi connectivity index (χ0v) is 13.8. The average molecular weight is 360 g/mol. The van der Waals surface area contributed by atoms with Crippen LogP contribution in [0.5, 0.6) is 0 Å². The van der Waals surface area contributed by atoms with Crippen LogP contribution < -0.4 is 10.9 Å². The van der Waals surface area contributed by atoms with E-state index in [1.165, 1.54) is 35.6 Å². The summed E-state index contributed by atoms with van der Waals surface area (Å²) in [6.07, 6.45) is 0. The highest BCUT2D eigenvalue weighted by atomic mass is 32.2. The van der Waals surface area contributed by atoms with E-state index in [1.807, 2.05) is 12.1 Å². The molecule has 3 aromatic rings. The second kappa shape index (κ2) is 6.43. The molecule has 0 amide bonds. The summed E-state index contributed by atoms with van der Waals surface area (Å²) in [4.78, 5) is 0.0298. The molecule has 122 valence electrons. The molecule has 4 N–H and O–H groups in total. The minimum atomic E-state index is -3.71. The number of nitrogens with zero attached hydrogens (tertiary/aromatic N) is 4. The minimum Gasteiger partial charge on any atom is -0.374 e. The van der Waals surface area contributed by atoms with Gasteiger partial charge in [-0.25, -0.2) is 13.6 Å². The molecular formula is C14H12N6O2S2. The lowest BCUT2D eigenvalue weighted by atomic mass is 10.2. The smallest absolute Gasteiger partial charge is 0.238 e. The van der Waals surface area contributed by atoms with E-state index >= 15 is 0 Å². The van der Waals surface area contributed by atoms with Gasteiger partial charge in [-0.15, -0.1) is 10.2 Å². The lowest BCUT2D eigenvalue weighted by Gasteiger charge is -1.98. The van der Waals surface area contributed by atoms with E-state index in [4.69, 9.17) is 10.9 Å². The van der Waals surface area contributed by atoms with Gasteiger partial charge in [0.25, 0.3) is 0 Å². The number of hydrogen-bond donors (Lipinski definition) is 2.